The molecule has 0 bridgehead atoms. The van der Waals surface area contributed by atoms with Crippen LogP contribution in [0.2, 0.25) is 0 Å². The Bertz CT molecular complexity index is 605. The van der Waals surface area contributed by atoms with E-state index >= 15 is 0 Å². The van der Waals surface area contributed by atoms with Crippen LogP contribution in [0.15, 0.2) is 49.8 Å². The Kier molecular flexibility index (Phi) is 4.25. The van der Waals surface area contributed by atoms with E-state index in [-0.39, 0.29) is 5.78 Å². The van der Waals surface area contributed by atoms with Crippen molar-refractivity contribution < 1.29 is 4.79 Å². The van der Waals surface area contributed by atoms with Gasteiger partial charge >= 0.3 is 0 Å². The van der Waals surface area contributed by atoms with Gasteiger partial charge in [-0.15, -0.1) is 0 Å². The highest BCUT2D eigenvalue weighted by Crippen LogP contribution is 2.26. The van der Waals surface area contributed by atoms with Crippen LogP contribution in [-0.2, 0) is 0 Å². The summed E-state index contributed by atoms with van der Waals surface area (Å²) in [5.41, 5.74) is 7.48. The van der Waals surface area contributed by atoms with Gasteiger partial charge in [-0.3, -0.25) is 4.79 Å². The van der Waals surface area contributed by atoms with E-state index in [1.165, 1.54) is 0 Å². The van der Waals surface area contributed by atoms with Crippen molar-refractivity contribution in [3.8, 4) is 0 Å². The Hall–Kier alpha value is -0.650. The molecule has 0 aliphatic rings. The SMILES string of the molecule is Nc1ccc(C(=O)c2cc(Br)cc(Br)c2)c(Br)c1. The molecule has 2 rings (SSSR count). The standard InChI is InChI=1S/C13H8Br3NO/c14-8-3-7(4-9(15)5-8)13(18)11-2-1-10(17)6-12(11)16/h1-6H,17H2. The maximum absolute atomic E-state index is 12.4. The van der Waals surface area contributed by atoms with Crippen molar-refractivity contribution in [2.45, 2.75) is 0 Å². The molecule has 18 heavy (non-hydrogen) atoms. The molecule has 0 radical (unpaired) electrons. The number of halogens is 3. The first kappa shape index (κ1) is 13.8. The first-order chi connectivity index (χ1) is 8.47. The minimum atomic E-state index is -0.0520. The van der Waals surface area contributed by atoms with Crippen molar-refractivity contribution in [2.75, 3.05) is 5.73 Å². The zero-order chi connectivity index (χ0) is 13.3. The summed E-state index contributed by atoms with van der Waals surface area (Å²) in [6, 6.07) is 10.6. The van der Waals surface area contributed by atoms with Crippen LogP contribution in [0.5, 0.6) is 0 Å². The van der Waals surface area contributed by atoms with Gasteiger partial charge in [0.1, 0.15) is 0 Å². The van der Waals surface area contributed by atoms with Gasteiger partial charge in [-0.1, -0.05) is 31.9 Å². The second-order valence-corrected chi connectivity index (χ2v) is 6.41. The molecule has 0 fully saturated rings. The maximum atomic E-state index is 12.4. The molecular weight excluding hydrogens is 426 g/mol. The predicted molar refractivity (Wildman–Crippen MR) is 83.8 cm³/mol. The van der Waals surface area contributed by atoms with Gasteiger partial charge in [-0.25, -0.2) is 0 Å². The molecular formula is C13H8Br3NO. The van der Waals surface area contributed by atoms with Crippen LogP contribution in [0, 0.1) is 0 Å². The first-order valence-corrected chi connectivity index (χ1v) is 7.41. The molecule has 0 spiro atoms. The van der Waals surface area contributed by atoms with Crippen LogP contribution in [0.25, 0.3) is 0 Å². The Morgan fingerprint density at radius 1 is 0.944 bits per heavy atom. The monoisotopic (exact) mass is 431 g/mol. The van der Waals surface area contributed by atoms with E-state index in [0.29, 0.717) is 21.3 Å². The molecule has 5 heteroatoms. The lowest BCUT2D eigenvalue weighted by molar-refractivity contribution is 0.103. The summed E-state index contributed by atoms with van der Waals surface area (Å²) in [6.45, 7) is 0. The van der Waals surface area contributed by atoms with E-state index in [0.717, 1.165) is 8.95 Å². The van der Waals surface area contributed by atoms with E-state index in [2.05, 4.69) is 47.8 Å². The molecule has 2 aromatic rings. The fourth-order valence-corrected chi connectivity index (χ4v) is 3.43. The minimum Gasteiger partial charge on any atom is -0.399 e. The Balaban J connectivity index is 2.47. The number of hydrogen-bond donors (Lipinski definition) is 1. The number of hydrogen-bond acceptors (Lipinski definition) is 2. The van der Waals surface area contributed by atoms with Crippen molar-refractivity contribution in [1.82, 2.24) is 0 Å². The molecule has 0 saturated carbocycles. The number of nitrogens with two attached hydrogens (primary N) is 1. The molecule has 0 aliphatic heterocycles. The summed E-state index contributed by atoms with van der Waals surface area (Å²) in [5, 5.41) is 0. The molecule has 0 heterocycles. The summed E-state index contributed by atoms with van der Waals surface area (Å²) < 4.78 is 2.40. The van der Waals surface area contributed by atoms with Crippen LogP contribution < -0.4 is 5.73 Å². The molecule has 92 valence electrons. The molecule has 0 atom stereocenters. The largest absolute Gasteiger partial charge is 0.399 e. The van der Waals surface area contributed by atoms with Gasteiger partial charge in [-0.05, 0) is 52.3 Å². The zero-order valence-corrected chi connectivity index (χ0v) is 13.8. The van der Waals surface area contributed by atoms with Crippen LogP contribution in [0.4, 0.5) is 5.69 Å². The highest BCUT2D eigenvalue weighted by atomic mass is 79.9. The summed E-state index contributed by atoms with van der Waals surface area (Å²) in [5.74, 6) is -0.0520. The molecule has 0 aliphatic carbocycles. The van der Waals surface area contributed by atoms with Crippen molar-refractivity contribution in [2.24, 2.45) is 0 Å². The van der Waals surface area contributed by atoms with Crippen molar-refractivity contribution in [3.63, 3.8) is 0 Å². The maximum Gasteiger partial charge on any atom is 0.194 e. The van der Waals surface area contributed by atoms with Gasteiger partial charge in [0, 0.05) is 30.2 Å². The number of rotatable bonds is 2. The molecule has 0 saturated heterocycles. The molecule has 0 unspecified atom stereocenters. The summed E-state index contributed by atoms with van der Waals surface area (Å²) in [4.78, 5) is 12.4. The zero-order valence-electron chi connectivity index (χ0n) is 9.08. The van der Waals surface area contributed by atoms with E-state index in [9.17, 15) is 4.79 Å². The number of carbonyl (C=O) groups excluding carboxylic acids is 1. The second-order valence-electron chi connectivity index (χ2n) is 3.73. The lowest BCUT2D eigenvalue weighted by atomic mass is 10.0. The third-order valence-corrected chi connectivity index (χ3v) is 3.93. The molecule has 2 nitrogen and oxygen atoms in total. The highest BCUT2D eigenvalue weighted by molar-refractivity contribution is 9.11. The fourth-order valence-electron chi connectivity index (χ4n) is 1.56. The molecule has 0 amide bonds. The number of nitrogen functional groups attached to an aromatic ring is 1. The van der Waals surface area contributed by atoms with Crippen molar-refractivity contribution >= 4 is 59.3 Å². The summed E-state index contributed by atoms with van der Waals surface area (Å²) >= 11 is 10.1. The van der Waals surface area contributed by atoms with E-state index in [4.69, 9.17) is 5.73 Å². The highest BCUT2D eigenvalue weighted by Gasteiger charge is 2.13. The smallest absolute Gasteiger partial charge is 0.194 e. The normalized spacial score (nSPS) is 10.4. The van der Waals surface area contributed by atoms with E-state index in [1.807, 2.05) is 6.07 Å². The van der Waals surface area contributed by atoms with Gasteiger partial charge < -0.3 is 5.73 Å². The quantitative estimate of drug-likeness (QED) is 0.546. The average molecular weight is 434 g/mol. The number of benzene rings is 2. The lowest BCUT2D eigenvalue weighted by Crippen LogP contribution is -2.03. The molecule has 2 N–H and O–H groups in total. The summed E-state index contributed by atoms with van der Waals surface area (Å²) in [7, 11) is 0. The Morgan fingerprint density at radius 2 is 1.56 bits per heavy atom. The molecule has 2 aromatic carbocycles. The third kappa shape index (κ3) is 3.02. The number of anilines is 1. The van der Waals surface area contributed by atoms with E-state index in [1.54, 1.807) is 30.3 Å². The van der Waals surface area contributed by atoms with Crippen LogP contribution in [0.1, 0.15) is 15.9 Å². The lowest BCUT2D eigenvalue weighted by Gasteiger charge is -2.06. The van der Waals surface area contributed by atoms with Crippen LogP contribution >= 0.6 is 47.8 Å². The van der Waals surface area contributed by atoms with Gasteiger partial charge in [0.15, 0.2) is 5.78 Å². The second kappa shape index (κ2) is 5.55. The third-order valence-electron chi connectivity index (χ3n) is 2.36. The van der Waals surface area contributed by atoms with E-state index < -0.39 is 0 Å². The number of ketones is 1. The van der Waals surface area contributed by atoms with Gasteiger partial charge in [0.2, 0.25) is 0 Å². The minimum absolute atomic E-state index is 0.0520. The Labute approximate surface area is 130 Å². The van der Waals surface area contributed by atoms with Crippen molar-refractivity contribution in [3.05, 3.63) is 60.9 Å². The van der Waals surface area contributed by atoms with Crippen LogP contribution in [-0.4, -0.2) is 5.78 Å². The first-order valence-electron chi connectivity index (χ1n) is 5.03. The van der Waals surface area contributed by atoms with Gasteiger partial charge in [0.25, 0.3) is 0 Å². The fraction of sp³-hybridized carbons (Fsp3) is 0. The van der Waals surface area contributed by atoms with Gasteiger partial charge in [0.05, 0.1) is 0 Å². The average Bonchev–Trinajstić information content (AvgIpc) is 2.26. The van der Waals surface area contributed by atoms with Crippen LogP contribution in [0.3, 0.4) is 0 Å². The number of carbonyl (C=O) groups is 1. The Morgan fingerprint density at radius 3 is 2.11 bits per heavy atom. The predicted octanol–water partition coefficient (Wildman–Crippen LogP) is 4.79. The topological polar surface area (TPSA) is 43.1 Å². The summed E-state index contributed by atoms with van der Waals surface area (Å²) in [6.07, 6.45) is 0. The molecule has 0 aromatic heterocycles. The van der Waals surface area contributed by atoms with Gasteiger partial charge in [-0.2, -0.15) is 0 Å². The van der Waals surface area contributed by atoms with Crippen molar-refractivity contribution in [1.29, 1.82) is 0 Å².